The number of benzene rings is 3. The van der Waals surface area contributed by atoms with Gasteiger partial charge < -0.3 is 14.8 Å². The van der Waals surface area contributed by atoms with Crippen molar-refractivity contribution in [1.82, 2.24) is 4.90 Å². The molecule has 0 radical (unpaired) electrons. The zero-order valence-electron chi connectivity index (χ0n) is 18.5. The second-order valence-corrected chi connectivity index (χ2v) is 8.37. The summed E-state index contributed by atoms with van der Waals surface area (Å²) in [4.78, 5) is 39.8. The van der Waals surface area contributed by atoms with Crippen LogP contribution in [0.1, 0.15) is 49.5 Å². The van der Waals surface area contributed by atoms with Crippen molar-refractivity contribution in [2.45, 2.75) is 25.5 Å². The van der Waals surface area contributed by atoms with Crippen LogP contribution < -0.4 is 10.1 Å². The van der Waals surface area contributed by atoms with Crippen LogP contribution in [0.5, 0.6) is 5.75 Å². The van der Waals surface area contributed by atoms with E-state index in [-0.39, 0.29) is 30.0 Å². The molecule has 3 aromatic rings. The smallest absolute Gasteiger partial charge is 0.261 e. The van der Waals surface area contributed by atoms with Gasteiger partial charge in [-0.2, -0.15) is 0 Å². The van der Waals surface area contributed by atoms with Gasteiger partial charge in [0.2, 0.25) is 0 Å². The first-order valence-electron chi connectivity index (χ1n) is 11.3. The van der Waals surface area contributed by atoms with Crippen LogP contribution in [0.2, 0.25) is 0 Å². The quantitative estimate of drug-likeness (QED) is 0.536. The van der Waals surface area contributed by atoms with Gasteiger partial charge in [0.15, 0.2) is 0 Å². The third-order valence-electron chi connectivity index (χ3n) is 5.97. The average Bonchev–Trinajstić information content (AvgIpc) is 3.46. The van der Waals surface area contributed by atoms with Crippen molar-refractivity contribution in [3.05, 3.63) is 95.1 Å². The van der Waals surface area contributed by atoms with Crippen molar-refractivity contribution in [3.63, 3.8) is 0 Å². The number of amides is 3. The van der Waals surface area contributed by atoms with Crippen molar-refractivity contribution in [3.8, 4) is 5.75 Å². The van der Waals surface area contributed by atoms with Gasteiger partial charge in [0.05, 0.1) is 23.8 Å². The molecule has 2 aliphatic heterocycles. The standard InChI is InChI=1S/C27H24N2O5/c30-25(28-20-8-4-9-21(15-20)34-17-22-10-5-13-33-22)19-11-12-23-24(14-19)27(32)29(26(23)31)16-18-6-2-1-3-7-18/h1-4,6-9,11-12,14-15,22H,5,10,13,16-17H2,(H,28,30). The van der Waals surface area contributed by atoms with Crippen LogP contribution in [0.3, 0.4) is 0 Å². The number of anilines is 1. The first-order valence-corrected chi connectivity index (χ1v) is 11.3. The highest BCUT2D eigenvalue weighted by atomic mass is 16.5. The van der Waals surface area contributed by atoms with Gasteiger partial charge in [-0.25, -0.2) is 0 Å². The van der Waals surface area contributed by atoms with Crippen LogP contribution in [0.25, 0.3) is 0 Å². The number of imide groups is 1. The Morgan fingerprint density at radius 1 is 0.971 bits per heavy atom. The summed E-state index contributed by atoms with van der Waals surface area (Å²) in [6, 6.07) is 21.0. The summed E-state index contributed by atoms with van der Waals surface area (Å²) in [7, 11) is 0. The zero-order chi connectivity index (χ0) is 23.5. The van der Waals surface area contributed by atoms with Crippen molar-refractivity contribution >= 4 is 23.4 Å². The van der Waals surface area contributed by atoms with E-state index in [1.54, 1.807) is 24.3 Å². The minimum absolute atomic E-state index is 0.103. The van der Waals surface area contributed by atoms with Crippen LogP contribution in [0, 0.1) is 0 Å². The predicted molar refractivity (Wildman–Crippen MR) is 126 cm³/mol. The number of nitrogens with one attached hydrogen (secondary N) is 1. The second kappa shape index (κ2) is 9.49. The molecule has 7 heteroatoms. The molecule has 0 bridgehead atoms. The summed E-state index contributed by atoms with van der Waals surface area (Å²) in [5.41, 5.74) is 2.27. The summed E-state index contributed by atoms with van der Waals surface area (Å²) in [6.07, 6.45) is 2.13. The van der Waals surface area contributed by atoms with Gasteiger partial charge >= 0.3 is 0 Å². The topological polar surface area (TPSA) is 84.9 Å². The molecule has 0 aliphatic carbocycles. The normalized spacial score (nSPS) is 17.1. The van der Waals surface area contributed by atoms with E-state index in [2.05, 4.69) is 5.32 Å². The number of hydrogen-bond donors (Lipinski definition) is 1. The van der Waals surface area contributed by atoms with Gasteiger partial charge in [0, 0.05) is 23.9 Å². The van der Waals surface area contributed by atoms with Crippen LogP contribution >= 0.6 is 0 Å². The van der Waals surface area contributed by atoms with E-state index >= 15 is 0 Å². The Kier molecular flexibility index (Phi) is 6.10. The first kappa shape index (κ1) is 21.9. The van der Waals surface area contributed by atoms with Crippen molar-refractivity contribution in [1.29, 1.82) is 0 Å². The van der Waals surface area contributed by atoms with E-state index in [9.17, 15) is 14.4 Å². The number of hydrogen-bond acceptors (Lipinski definition) is 5. The molecule has 0 spiro atoms. The summed E-state index contributed by atoms with van der Waals surface area (Å²) >= 11 is 0. The molecule has 1 N–H and O–H groups in total. The highest BCUT2D eigenvalue weighted by Gasteiger charge is 2.36. The van der Waals surface area contributed by atoms with Crippen LogP contribution in [-0.2, 0) is 11.3 Å². The molecule has 7 nitrogen and oxygen atoms in total. The average molecular weight is 456 g/mol. The number of rotatable bonds is 7. The number of fused-ring (bicyclic) bond motifs is 1. The van der Waals surface area contributed by atoms with E-state index in [1.165, 1.54) is 17.0 Å². The maximum absolute atomic E-state index is 12.9. The highest BCUT2D eigenvalue weighted by molar-refractivity contribution is 6.22. The molecule has 1 fully saturated rings. The molecule has 3 amide bonds. The van der Waals surface area contributed by atoms with Gasteiger partial charge in [-0.1, -0.05) is 36.4 Å². The maximum atomic E-state index is 12.9. The Morgan fingerprint density at radius 3 is 2.59 bits per heavy atom. The predicted octanol–water partition coefficient (Wildman–Crippen LogP) is 4.29. The van der Waals surface area contributed by atoms with Crippen molar-refractivity contribution in [2.75, 3.05) is 18.5 Å². The molecule has 0 aromatic heterocycles. The van der Waals surface area contributed by atoms with Crippen molar-refractivity contribution < 1.29 is 23.9 Å². The van der Waals surface area contributed by atoms with E-state index in [0.717, 1.165) is 25.0 Å². The van der Waals surface area contributed by atoms with Gasteiger partial charge in [-0.3, -0.25) is 19.3 Å². The lowest BCUT2D eigenvalue weighted by Gasteiger charge is -2.13. The number of nitrogens with zero attached hydrogens (tertiary/aromatic N) is 1. The Hall–Kier alpha value is -3.97. The first-order chi connectivity index (χ1) is 16.6. The van der Waals surface area contributed by atoms with E-state index < -0.39 is 5.91 Å². The van der Waals surface area contributed by atoms with Gasteiger partial charge in [-0.15, -0.1) is 0 Å². The third kappa shape index (κ3) is 4.56. The molecular weight excluding hydrogens is 432 g/mol. The van der Waals surface area contributed by atoms with Crippen LogP contribution in [-0.4, -0.2) is 41.9 Å². The molecule has 1 saturated heterocycles. The fraction of sp³-hybridized carbons (Fsp3) is 0.222. The summed E-state index contributed by atoms with van der Waals surface area (Å²) in [5.74, 6) is -0.490. The second-order valence-electron chi connectivity index (χ2n) is 8.37. The zero-order valence-corrected chi connectivity index (χ0v) is 18.5. The molecule has 1 atom stereocenters. The maximum Gasteiger partial charge on any atom is 0.261 e. The molecule has 1 unspecified atom stereocenters. The summed E-state index contributed by atoms with van der Waals surface area (Å²) in [6.45, 7) is 1.42. The lowest BCUT2D eigenvalue weighted by Crippen LogP contribution is -2.29. The molecule has 2 aliphatic rings. The lowest BCUT2D eigenvalue weighted by molar-refractivity contribution is 0.0642. The third-order valence-corrected chi connectivity index (χ3v) is 5.97. The molecule has 0 saturated carbocycles. The molecule has 3 aromatic carbocycles. The Balaban J connectivity index is 1.27. The largest absolute Gasteiger partial charge is 0.491 e. The molecular formula is C27H24N2O5. The van der Waals surface area contributed by atoms with Gasteiger partial charge in [0.1, 0.15) is 12.4 Å². The minimum atomic E-state index is -0.400. The van der Waals surface area contributed by atoms with E-state index in [4.69, 9.17) is 9.47 Å². The number of carbonyl (C=O) groups excluding carboxylic acids is 3. The van der Waals surface area contributed by atoms with E-state index in [0.29, 0.717) is 29.2 Å². The SMILES string of the molecule is O=C(Nc1cccc(OCC2CCCO2)c1)c1ccc2c(c1)C(=O)N(Cc1ccccc1)C2=O. The fourth-order valence-electron chi connectivity index (χ4n) is 4.17. The van der Waals surface area contributed by atoms with Gasteiger partial charge in [0.25, 0.3) is 17.7 Å². The monoisotopic (exact) mass is 456 g/mol. The van der Waals surface area contributed by atoms with Crippen molar-refractivity contribution in [2.24, 2.45) is 0 Å². The summed E-state index contributed by atoms with van der Waals surface area (Å²) in [5, 5.41) is 2.83. The Bertz CT molecular complexity index is 1230. The Morgan fingerprint density at radius 2 is 1.79 bits per heavy atom. The highest BCUT2D eigenvalue weighted by Crippen LogP contribution is 2.26. The number of ether oxygens (including phenoxy) is 2. The van der Waals surface area contributed by atoms with Crippen LogP contribution in [0.15, 0.2) is 72.8 Å². The van der Waals surface area contributed by atoms with Gasteiger partial charge in [-0.05, 0) is 48.7 Å². The molecule has 34 heavy (non-hydrogen) atoms. The van der Waals surface area contributed by atoms with Crippen LogP contribution in [0.4, 0.5) is 5.69 Å². The summed E-state index contributed by atoms with van der Waals surface area (Å²) < 4.78 is 11.4. The molecule has 2 heterocycles. The lowest BCUT2D eigenvalue weighted by atomic mass is 10.1. The minimum Gasteiger partial charge on any atom is -0.491 e. The molecule has 5 rings (SSSR count). The number of carbonyl (C=O) groups is 3. The van der Waals surface area contributed by atoms with E-state index in [1.807, 2.05) is 36.4 Å². The fourth-order valence-corrected chi connectivity index (χ4v) is 4.17. The molecule has 172 valence electrons. The Labute approximate surface area is 197 Å².